The van der Waals surface area contributed by atoms with Crippen molar-refractivity contribution in [3.8, 4) is 0 Å². The summed E-state index contributed by atoms with van der Waals surface area (Å²) in [5.74, 6) is 0.0555. The number of carbonyl (C=O) groups excluding carboxylic acids is 1. The summed E-state index contributed by atoms with van der Waals surface area (Å²) in [5.41, 5.74) is 3.77. The molecule has 0 saturated heterocycles. The number of thiophene rings is 1. The topological polar surface area (TPSA) is 94.7 Å². The smallest absolute Gasteiger partial charge is 0.267 e. The molecule has 0 saturated carbocycles. The number of aryl methyl sites for hydroxylation is 1. The number of aromatic nitrogens is 5. The number of carbonyl (C=O) groups is 1. The van der Waals surface area contributed by atoms with Gasteiger partial charge in [0.15, 0.2) is 0 Å². The highest BCUT2D eigenvalue weighted by atomic mass is 32.1. The van der Waals surface area contributed by atoms with E-state index in [0.717, 1.165) is 5.56 Å². The molecule has 4 aromatic rings. The monoisotopic (exact) mass is 366 g/mol. The van der Waals surface area contributed by atoms with E-state index in [2.05, 4.69) is 20.5 Å². The number of hydrogen-bond acceptors (Lipinski definition) is 6. The van der Waals surface area contributed by atoms with Crippen molar-refractivity contribution < 1.29 is 4.79 Å². The molecule has 3 aromatic heterocycles. The lowest BCUT2D eigenvalue weighted by atomic mass is 10.1. The van der Waals surface area contributed by atoms with Gasteiger partial charge in [-0.2, -0.15) is 5.10 Å². The number of hydrogen-bond donors (Lipinski definition) is 1. The fourth-order valence-corrected chi connectivity index (χ4v) is 3.38. The van der Waals surface area contributed by atoms with Crippen molar-refractivity contribution >= 4 is 27.5 Å². The second kappa shape index (κ2) is 6.52. The van der Waals surface area contributed by atoms with Crippen molar-refractivity contribution in [2.24, 2.45) is 0 Å². The van der Waals surface area contributed by atoms with Gasteiger partial charge < -0.3 is 0 Å². The standard InChI is InChI=1S/C17H14N6O2S/c1-11-20-16-14(6-7-26-16)17(25)23(11)21-15(24)13-4-2-12(3-5-13)8-22-10-18-9-19-22/h2-7,9-10H,8H2,1H3,(H,21,24). The molecule has 26 heavy (non-hydrogen) atoms. The number of amides is 1. The lowest BCUT2D eigenvalue weighted by Gasteiger charge is -2.11. The second-order valence-corrected chi connectivity index (χ2v) is 6.56. The van der Waals surface area contributed by atoms with Crippen LogP contribution in [0, 0.1) is 6.92 Å². The van der Waals surface area contributed by atoms with Crippen molar-refractivity contribution in [2.45, 2.75) is 13.5 Å². The van der Waals surface area contributed by atoms with Crippen LogP contribution in [-0.4, -0.2) is 30.3 Å². The first-order chi connectivity index (χ1) is 12.6. The highest BCUT2D eigenvalue weighted by Crippen LogP contribution is 2.14. The van der Waals surface area contributed by atoms with Crippen LogP contribution in [0.1, 0.15) is 21.7 Å². The van der Waals surface area contributed by atoms with Gasteiger partial charge in [0.2, 0.25) is 0 Å². The largest absolute Gasteiger partial charge is 0.281 e. The van der Waals surface area contributed by atoms with Gasteiger partial charge in [-0.25, -0.2) is 19.3 Å². The molecular formula is C17H14N6O2S. The minimum atomic E-state index is -0.376. The molecule has 9 heteroatoms. The van der Waals surface area contributed by atoms with Gasteiger partial charge in [0.05, 0.1) is 11.9 Å². The maximum atomic E-state index is 12.5. The van der Waals surface area contributed by atoms with Gasteiger partial charge in [-0.05, 0) is 36.1 Å². The Balaban J connectivity index is 1.56. The lowest BCUT2D eigenvalue weighted by molar-refractivity contribution is 0.101. The molecule has 8 nitrogen and oxygen atoms in total. The molecule has 0 bridgehead atoms. The highest BCUT2D eigenvalue weighted by Gasteiger charge is 2.13. The lowest BCUT2D eigenvalue weighted by Crippen LogP contribution is -2.35. The van der Waals surface area contributed by atoms with Crippen molar-refractivity contribution in [3.05, 3.63) is 75.7 Å². The quantitative estimate of drug-likeness (QED) is 0.594. The van der Waals surface area contributed by atoms with Crippen LogP contribution in [-0.2, 0) is 6.54 Å². The molecule has 4 rings (SSSR count). The van der Waals surface area contributed by atoms with Crippen molar-refractivity contribution in [1.82, 2.24) is 24.4 Å². The summed E-state index contributed by atoms with van der Waals surface area (Å²) >= 11 is 1.39. The molecule has 0 radical (unpaired) electrons. The van der Waals surface area contributed by atoms with E-state index < -0.39 is 0 Å². The van der Waals surface area contributed by atoms with Crippen LogP contribution in [0.25, 0.3) is 10.2 Å². The minimum Gasteiger partial charge on any atom is -0.267 e. The van der Waals surface area contributed by atoms with Crippen molar-refractivity contribution in [2.75, 3.05) is 5.43 Å². The van der Waals surface area contributed by atoms with Gasteiger partial charge in [0.25, 0.3) is 11.5 Å². The summed E-state index contributed by atoms with van der Waals surface area (Å²) in [4.78, 5) is 33.9. The molecule has 3 heterocycles. The molecule has 0 atom stereocenters. The number of benzene rings is 1. The Kier molecular flexibility index (Phi) is 4.05. The zero-order valence-corrected chi connectivity index (χ0v) is 14.6. The normalized spacial score (nSPS) is 11.0. The van der Waals surface area contributed by atoms with Crippen molar-refractivity contribution in [3.63, 3.8) is 0 Å². The fraction of sp³-hybridized carbons (Fsp3) is 0.118. The summed E-state index contributed by atoms with van der Waals surface area (Å²) in [6.45, 7) is 2.25. The molecular weight excluding hydrogens is 352 g/mol. The maximum absolute atomic E-state index is 12.5. The van der Waals surface area contributed by atoms with Gasteiger partial charge in [0, 0.05) is 5.56 Å². The molecule has 0 aliphatic heterocycles. The van der Waals surface area contributed by atoms with Crippen LogP contribution in [0.4, 0.5) is 0 Å². The summed E-state index contributed by atoms with van der Waals surface area (Å²) in [7, 11) is 0. The molecule has 0 unspecified atom stereocenters. The predicted octanol–water partition coefficient (Wildman–Crippen LogP) is 1.79. The average molecular weight is 366 g/mol. The molecule has 0 spiro atoms. The Morgan fingerprint density at radius 2 is 2.04 bits per heavy atom. The number of nitrogens with one attached hydrogen (secondary N) is 1. The van der Waals surface area contributed by atoms with Crippen LogP contribution in [0.3, 0.4) is 0 Å². The Morgan fingerprint density at radius 1 is 1.23 bits per heavy atom. The van der Waals surface area contributed by atoms with Crippen LogP contribution in [0.15, 0.2) is 53.2 Å². The number of nitrogens with zero attached hydrogens (tertiary/aromatic N) is 5. The Hall–Kier alpha value is -3.33. The zero-order chi connectivity index (χ0) is 18.1. The molecule has 0 fully saturated rings. The van der Waals surface area contributed by atoms with Gasteiger partial charge in [-0.1, -0.05) is 12.1 Å². The number of rotatable bonds is 4. The summed E-state index contributed by atoms with van der Waals surface area (Å²) in [6, 6.07) is 8.80. The summed E-state index contributed by atoms with van der Waals surface area (Å²) in [5, 5.41) is 6.34. The van der Waals surface area contributed by atoms with E-state index in [0.29, 0.717) is 28.1 Å². The molecule has 1 N–H and O–H groups in total. The predicted molar refractivity (Wildman–Crippen MR) is 97.9 cm³/mol. The van der Waals surface area contributed by atoms with E-state index in [-0.39, 0.29) is 11.5 Å². The Labute approximate surface area is 151 Å². The number of fused-ring (bicyclic) bond motifs is 1. The van der Waals surface area contributed by atoms with E-state index in [1.807, 2.05) is 12.1 Å². The highest BCUT2D eigenvalue weighted by molar-refractivity contribution is 7.16. The summed E-state index contributed by atoms with van der Waals surface area (Å²) < 4.78 is 2.88. The molecule has 1 aromatic carbocycles. The minimum absolute atomic E-state index is 0.287. The fourth-order valence-electron chi connectivity index (χ4n) is 2.58. The van der Waals surface area contributed by atoms with E-state index in [1.165, 1.54) is 22.3 Å². The third kappa shape index (κ3) is 3.00. The third-order valence-corrected chi connectivity index (χ3v) is 4.71. The van der Waals surface area contributed by atoms with E-state index in [1.54, 1.807) is 41.5 Å². The van der Waals surface area contributed by atoms with Gasteiger partial charge >= 0.3 is 0 Å². The van der Waals surface area contributed by atoms with Crippen molar-refractivity contribution in [1.29, 1.82) is 0 Å². The van der Waals surface area contributed by atoms with Gasteiger partial charge in [0.1, 0.15) is 23.3 Å². The van der Waals surface area contributed by atoms with Crippen LogP contribution >= 0.6 is 11.3 Å². The first kappa shape index (κ1) is 16.2. The molecule has 0 aliphatic carbocycles. The molecule has 0 aliphatic rings. The Morgan fingerprint density at radius 3 is 2.77 bits per heavy atom. The first-order valence-electron chi connectivity index (χ1n) is 7.81. The summed E-state index contributed by atoms with van der Waals surface area (Å²) in [6.07, 6.45) is 3.10. The van der Waals surface area contributed by atoms with Crippen LogP contribution < -0.4 is 11.0 Å². The van der Waals surface area contributed by atoms with Gasteiger partial charge in [-0.15, -0.1) is 11.3 Å². The SMILES string of the molecule is Cc1nc2sccc2c(=O)n1NC(=O)c1ccc(Cn2cncn2)cc1. The molecule has 1 amide bonds. The third-order valence-electron chi connectivity index (χ3n) is 3.91. The van der Waals surface area contributed by atoms with E-state index in [9.17, 15) is 9.59 Å². The Bertz CT molecular complexity index is 1130. The van der Waals surface area contributed by atoms with E-state index in [4.69, 9.17) is 0 Å². The average Bonchev–Trinajstić information content (AvgIpc) is 3.31. The van der Waals surface area contributed by atoms with Crippen LogP contribution in [0.2, 0.25) is 0 Å². The molecule has 130 valence electrons. The van der Waals surface area contributed by atoms with Gasteiger partial charge in [-0.3, -0.25) is 15.0 Å². The zero-order valence-electron chi connectivity index (χ0n) is 13.8. The maximum Gasteiger partial charge on any atom is 0.281 e. The van der Waals surface area contributed by atoms with Crippen LogP contribution in [0.5, 0.6) is 0 Å². The second-order valence-electron chi connectivity index (χ2n) is 5.67. The first-order valence-corrected chi connectivity index (χ1v) is 8.69. The van der Waals surface area contributed by atoms with E-state index >= 15 is 0 Å².